The molecular formula is C13H19BrFNO. The van der Waals surface area contributed by atoms with Crippen molar-refractivity contribution < 1.29 is 31.0 Å². The summed E-state index contributed by atoms with van der Waals surface area (Å²) >= 11 is 0. The first-order valence-corrected chi connectivity index (χ1v) is 5.40. The molecule has 0 spiro atoms. The predicted molar refractivity (Wildman–Crippen MR) is 63.3 cm³/mol. The van der Waals surface area contributed by atoms with E-state index >= 15 is 0 Å². The van der Waals surface area contributed by atoms with Crippen molar-refractivity contribution in [2.24, 2.45) is 0 Å². The topological polar surface area (TPSA) is 20.2 Å². The largest absolute Gasteiger partial charge is 1.00 e. The number of aliphatic hydroxyl groups excluding tert-OH is 1. The maximum absolute atomic E-state index is 13.5. The number of aliphatic hydroxyl groups is 1. The standard InChI is InChI=1S/C13H19FNO.BrH/c1-3-8-15(2,9-10-16)11-12-6-4-5-7-13(12)14;/h3-7,16H,1,8-11H2,2H3;1H/q+1;/p-1. The lowest BCUT2D eigenvalue weighted by molar-refractivity contribution is -0.917. The third-order valence-electron chi connectivity index (χ3n) is 2.72. The van der Waals surface area contributed by atoms with E-state index in [4.69, 9.17) is 5.11 Å². The van der Waals surface area contributed by atoms with Crippen molar-refractivity contribution in [1.82, 2.24) is 0 Å². The van der Waals surface area contributed by atoms with Crippen molar-refractivity contribution in [3.63, 3.8) is 0 Å². The molecule has 1 atom stereocenters. The number of hydrogen-bond acceptors (Lipinski definition) is 1. The van der Waals surface area contributed by atoms with Crippen LogP contribution in [0, 0.1) is 5.82 Å². The molecule has 1 unspecified atom stereocenters. The predicted octanol–water partition coefficient (Wildman–Crippen LogP) is -1.05. The average molecular weight is 304 g/mol. The number of quaternary nitrogens is 1. The SMILES string of the molecule is C=CC[N+](C)(CCO)Cc1ccccc1F.[Br-]. The summed E-state index contributed by atoms with van der Waals surface area (Å²) in [7, 11) is 1.99. The number of rotatable bonds is 6. The van der Waals surface area contributed by atoms with Gasteiger partial charge in [-0.2, -0.15) is 0 Å². The van der Waals surface area contributed by atoms with E-state index in [-0.39, 0.29) is 29.4 Å². The van der Waals surface area contributed by atoms with Gasteiger partial charge in [0.2, 0.25) is 0 Å². The van der Waals surface area contributed by atoms with E-state index in [1.54, 1.807) is 18.2 Å². The highest BCUT2D eigenvalue weighted by molar-refractivity contribution is 5.16. The summed E-state index contributed by atoms with van der Waals surface area (Å²) in [5, 5.41) is 9.03. The Hall–Kier alpha value is -0.710. The zero-order chi connectivity index (χ0) is 12.0. The second kappa shape index (κ2) is 7.58. The van der Waals surface area contributed by atoms with Crippen LogP contribution < -0.4 is 17.0 Å². The maximum atomic E-state index is 13.5. The second-order valence-corrected chi connectivity index (χ2v) is 4.29. The highest BCUT2D eigenvalue weighted by Gasteiger charge is 2.21. The van der Waals surface area contributed by atoms with Crippen molar-refractivity contribution in [1.29, 1.82) is 0 Å². The molecule has 0 aliphatic heterocycles. The Morgan fingerprint density at radius 1 is 1.41 bits per heavy atom. The summed E-state index contributed by atoms with van der Waals surface area (Å²) < 4.78 is 14.1. The first kappa shape index (κ1) is 16.3. The molecule has 1 rings (SSSR count). The van der Waals surface area contributed by atoms with Crippen molar-refractivity contribution in [3.8, 4) is 0 Å². The molecule has 0 heterocycles. The number of hydrogen-bond donors (Lipinski definition) is 1. The molecule has 17 heavy (non-hydrogen) atoms. The van der Waals surface area contributed by atoms with E-state index < -0.39 is 0 Å². The van der Waals surface area contributed by atoms with Crippen LogP contribution in [0.3, 0.4) is 0 Å². The lowest BCUT2D eigenvalue weighted by atomic mass is 10.1. The third kappa shape index (κ3) is 4.98. The summed E-state index contributed by atoms with van der Waals surface area (Å²) in [4.78, 5) is 0. The number of nitrogens with zero attached hydrogens (tertiary/aromatic N) is 1. The van der Waals surface area contributed by atoms with Gasteiger partial charge in [0, 0.05) is 5.56 Å². The van der Waals surface area contributed by atoms with Crippen molar-refractivity contribution in [2.75, 3.05) is 26.7 Å². The van der Waals surface area contributed by atoms with E-state index in [0.717, 1.165) is 6.54 Å². The fourth-order valence-electron chi connectivity index (χ4n) is 1.83. The molecule has 0 radical (unpaired) electrons. The highest BCUT2D eigenvalue weighted by Crippen LogP contribution is 2.14. The Morgan fingerprint density at radius 2 is 2.06 bits per heavy atom. The van der Waals surface area contributed by atoms with E-state index in [1.165, 1.54) is 6.07 Å². The van der Waals surface area contributed by atoms with E-state index in [1.807, 2.05) is 13.1 Å². The zero-order valence-electron chi connectivity index (χ0n) is 10.1. The fourth-order valence-corrected chi connectivity index (χ4v) is 1.83. The molecule has 0 amide bonds. The lowest BCUT2D eigenvalue weighted by Gasteiger charge is -2.33. The van der Waals surface area contributed by atoms with Gasteiger partial charge in [-0.25, -0.2) is 4.39 Å². The van der Waals surface area contributed by atoms with Crippen LogP contribution in [-0.4, -0.2) is 36.3 Å². The minimum Gasteiger partial charge on any atom is -1.00 e. The summed E-state index contributed by atoms with van der Waals surface area (Å²) in [6.45, 7) is 5.68. The molecule has 1 N–H and O–H groups in total. The molecule has 4 heteroatoms. The molecular weight excluding hydrogens is 285 g/mol. The van der Waals surface area contributed by atoms with Gasteiger partial charge >= 0.3 is 0 Å². The molecule has 2 nitrogen and oxygen atoms in total. The molecule has 0 aromatic heterocycles. The van der Waals surface area contributed by atoms with E-state index in [9.17, 15) is 4.39 Å². The Labute approximate surface area is 113 Å². The van der Waals surface area contributed by atoms with Crippen LogP contribution in [-0.2, 0) is 6.54 Å². The van der Waals surface area contributed by atoms with Crippen LogP contribution in [0.1, 0.15) is 5.56 Å². The Balaban J connectivity index is 0.00000256. The van der Waals surface area contributed by atoms with Crippen molar-refractivity contribution in [2.45, 2.75) is 6.54 Å². The van der Waals surface area contributed by atoms with E-state index in [2.05, 4.69) is 6.58 Å². The van der Waals surface area contributed by atoms with E-state index in [0.29, 0.717) is 23.1 Å². The van der Waals surface area contributed by atoms with Crippen LogP contribution in [0.2, 0.25) is 0 Å². The van der Waals surface area contributed by atoms with Crippen LogP contribution >= 0.6 is 0 Å². The molecule has 0 fully saturated rings. The molecule has 1 aromatic rings. The van der Waals surface area contributed by atoms with Gasteiger partial charge in [-0.1, -0.05) is 24.8 Å². The van der Waals surface area contributed by atoms with Crippen LogP contribution in [0.15, 0.2) is 36.9 Å². The summed E-state index contributed by atoms with van der Waals surface area (Å²) in [5.41, 5.74) is 0.681. The molecule has 0 aliphatic rings. The number of halogens is 2. The third-order valence-corrected chi connectivity index (χ3v) is 2.72. The first-order chi connectivity index (χ1) is 7.61. The summed E-state index contributed by atoms with van der Waals surface area (Å²) in [6, 6.07) is 6.76. The van der Waals surface area contributed by atoms with Gasteiger partial charge in [-0.05, 0) is 12.1 Å². The Kier molecular flexibility index (Phi) is 7.27. The molecule has 0 bridgehead atoms. The number of benzene rings is 1. The second-order valence-electron chi connectivity index (χ2n) is 4.29. The highest BCUT2D eigenvalue weighted by atomic mass is 79.9. The number of likely N-dealkylation sites (N-methyl/N-ethyl adjacent to an activating group) is 1. The van der Waals surface area contributed by atoms with Crippen molar-refractivity contribution >= 4 is 0 Å². The summed E-state index contributed by atoms with van der Waals surface area (Å²) in [5.74, 6) is -0.186. The first-order valence-electron chi connectivity index (χ1n) is 5.40. The zero-order valence-corrected chi connectivity index (χ0v) is 11.7. The molecule has 0 saturated heterocycles. The fraction of sp³-hybridized carbons (Fsp3) is 0.385. The van der Waals surface area contributed by atoms with Crippen LogP contribution in [0.4, 0.5) is 4.39 Å². The lowest BCUT2D eigenvalue weighted by Crippen LogP contribution is -3.00. The molecule has 0 saturated carbocycles. The Morgan fingerprint density at radius 3 is 2.59 bits per heavy atom. The maximum Gasteiger partial charge on any atom is 0.132 e. The minimum atomic E-state index is -0.186. The monoisotopic (exact) mass is 303 g/mol. The van der Waals surface area contributed by atoms with Gasteiger partial charge < -0.3 is 26.6 Å². The minimum absolute atomic E-state index is 0. The molecule has 1 aromatic carbocycles. The normalized spacial score (nSPS) is 13.6. The molecule has 96 valence electrons. The van der Waals surface area contributed by atoms with Crippen molar-refractivity contribution in [3.05, 3.63) is 48.3 Å². The van der Waals surface area contributed by atoms with Gasteiger partial charge in [0.25, 0.3) is 0 Å². The Bertz CT molecular complexity index is 359. The van der Waals surface area contributed by atoms with Gasteiger partial charge in [0.05, 0.1) is 20.2 Å². The smallest absolute Gasteiger partial charge is 0.132 e. The van der Waals surface area contributed by atoms with Gasteiger partial charge in [-0.3, -0.25) is 0 Å². The summed E-state index contributed by atoms with van der Waals surface area (Å²) in [6.07, 6.45) is 1.80. The molecule has 0 aliphatic carbocycles. The van der Waals surface area contributed by atoms with Gasteiger partial charge in [0.1, 0.15) is 18.9 Å². The quantitative estimate of drug-likeness (QED) is 0.526. The van der Waals surface area contributed by atoms with Gasteiger partial charge in [-0.15, -0.1) is 0 Å². The van der Waals surface area contributed by atoms with Crippen LogP contribution in [0.5, 0.6) is 0 Å². The van der Waals surface area contributed by atoms with Crippen LogP contribution in [0.25, 0.3) is 0 Å². The van der Waals surface area contributed by atoms with Gasteiger partial charge in [0.15, 0.2) is 0 Å². The average Bonchev–Trinajstić information content (AvgIpc) is 2.22.